The number of anilines is 1. The van der Waals surface area contributed by atoms with Crippen LogP contribution >= 0.6 is 0 Å². The summed E-state index contributed by atoms with van der Waals surface area (Å²) >= 11 is 0. The molecule has 0 aliphatic rings. The van der Waals surface area contributed by atoms with Crippen LogP contribution in [-0.4, -0.2) is 29.4 Å². The van der Waals surface area contributed by atoms with Gasteiger partial charge >= 0.3 is 0 Å². The highest BCUT2D eigenvalue weighted by molar-refractivity contribution is 7.92. The van der Waals surface area contributed by atoms with Crippen LogP contribution in [0.1, 0.15) is 31.0 Å². The molecule has 20 heavy (non-hydrogen) atoms. The van der Waals surface area contributed by atoms with Crippen LogP contribution in [0, 0.1) is 0 Å². The molecule has 0 saturated carbocycles. The first-order chi connectivity index (χ1) is 9.46. The first-order valence-corrected chi connectivity index (χ1v) is 8.06. The number of H-pyrrole nitrogens is 1. The molecule has 0 bridgehead atoms. The van der Waals surface area contributed by atoms with Gasteiger partial charge in [-0.15, -0.1) is 0 Å². The quantitative estimate of drug-likeness (QED) is 0.852. The van der Waals surface area contributed by atoms with Crippen molar-refractivity contribution < 1.29 is 8.42 Å². The Hall–Kier alpha value is -1.89. The maximum absolute atomic E-state index is 12.0. The number of nitrogens with zero attached hydrogens (tertiary/aromatic N) is 2. The number of nitrogens with one attached hydrogen (secondary N) is 2. The highest BCUT2D eigenvalue weighted by Gasteiger charge is 2.13. The van der Waals surface area contributed by atoms with Crippen LogP contribution in [0.5, 0.6) is 0 Å². The standard InChI is InChI=1S/C13H18N4O2S/c1-10(2)12-9-13(16-15-12)17-20(18,19)8-5-11-3-6-14-7-4-11/h3-4,6-7,9-10H,5,8H2,1-2H3,(H2,15,16,17). The fraction of sp³-hybridized carbons (Fsp3) is 0.385. The van der Waals surface area contributed by atoms with E-state index in [-0.39, 0.29) is 11.7 Å². The molecule has 2 aromatic rings. The third-order valence-electron chi connectivity index (χ3n) is 2.89. The number of hydrogen-bond acceptors (Lipinski definition) is 4. The average molecular weight is 294 g/mol. The summed E-state index contributed by atoms with van der Waals surface area (Å²) in [6, 6.07) is 5.33. The molecule has 108 valence electrons. The maximum Gasteiger partial charge on any atom is 0.234 e. The molecule has 6 nitrogen and oxygen atoms in total. The Balaban J connectivity index is 1.96. The van der Waals surface area contributed by atoms with Gasteiger partial charge < -0.3 is 0 Å². The van der Waals surface area contributed by atoms with Gasteiger partial charge in [-0.25, -0.2) is 8.42 Å². The fourth-order valence-corrected chi connectivity index (χ4v) is 2.73. The third-order valence-corrected chi connectivity index (χ3v) is 4.15. The predicted molar refractivity (Wildman–Crippen MR) is 78.0 cm³/mol. The zero-order valence-electron chi connectivity index (χ0n) is 11.5. The summed E-state index contributed by atoms with van der Waals surface area (Å²) in [6.45, 7) is 4.02. The minimum atomic E-state index is -3.40. The molecule has 0 unspecified atom stereocenters. The van der Waals surface area contributed by atoms with E-state index in [4.69, 9.17) is 0 Å². The maximum atomic E-state index is 12.0. The van der Waals surface area contributed by atoms with Gasteiger partial charge in [-0.2, -0.15) is 5.10 Å². The van der Waals surface area contributed by atoms with Gasteiger partial charge in [0.1, 0.15) is 0 Å². The summed E-state index contributed by atoms with van der Waals surface area (Å²) in [5.41, 5.74) is 1.84. The average Bonchev–Trinajstić information content (AvgIpc) is 2.86. The number of sulfonamides is 1. The summed E-state index contributed by atoms with van der Waals surface area (Å²) < 4.78 is 26.4. The molecule has 2 N–H and O–H groups in total. The van der Waals surface area contributed by atoms with Crippen LogP contribution in [0.25, 0.3) is 0 Å². The summed E-state index contributed by atoms with van der Waals surface area (Å²) in [5.74, 6) is 0.627. The Bertz CT molecular complexity index is 650. The fourth-order valence-electron chi connectivity index (χ4n) is 1.70. The van der Waals surface area contributed by atoms with Gasteiger partial charge in [-0.1, -0.05) is 13.8 Å². The normalized spacial score (nSPS) is 11.8. The largest absolute Gasteiger partial charge is 0.280 e. The van der Waals surface area contributed by atoms with E-state index in [1.807, 2.05) is 13.8 Å². The first kappa shape index (κ1) is 14.5. The van der Waals surface area contributed by atoms with E-state index in [1.54, 1.807) is 30.6 Å². The van der Waals surface area contributed by atoms with Crippen molar-refractivity contribution in [2.75, 3.05) is 10.5 Å². The number of aromatic amines is 1. The molecule has 2 heterocycles. The second-order valence-corrected chi connectivity index (χ2v) is 6.73. The smallest absolute Gasteiger partial charge is 0.234 e. The van der Waals surface area contributed by atoms with Crippen LogP contribution in [0.15, 0.2) is 30.6 Å². The zero-order valence-corrected chi connectivity index (χ0v) is 12.3. The molecular weight excluding hydrogens is 276 g/mol. The Kier molecular flexibility index (Phi) is 4.39. The second-order valence-electron chi connectivity index (χ2n) is 4.89. The predicted octanol–water partition coefficient (Wildman–Crippen LogP) is 1.91. The van der Waals surface area contributed by atoms with Gasteiger partial charge in [0, 0.05) is 24.2 Å². The summed E-state index contributed by atoms with van der Waals surface area (Å²) in [6.07, 6.45) is 3.75. The molecule has 0 aliphatic carbocycles. The van der Waals surface area contributed by atoms with Crippen molar-refractivity contribution in [1.29, 1.82) is 0 Å². The molecule has 0 saturated heterocycles. The van der Waals surface area contributed by atoms with Crippen molar-refractivity contribution >= 4 is 15.8 Å². The molecule has 0 spiro atoms. The minimum Gasteiger partial charge on any atom is -0.280 e. The van der Waals surface area contributed by atoms with Crippen molar-refractivity contribution in [3.63, 3.8) is 0 Å². The Morgan fingerprint density at radius 2 is 2.00 bits per heavy atom. The van der Waals surface area contributed by atoms with Crippen LogP contribution < -0.4 is 4.72 Å². The second kappa shape index (κ2) is 6.04. The number of aryl methyl sites for hydroxylation is 1. The third kappa shape index (κ3) is 4.06. The van der Waals surface area contributed by atoms with Crippen LogP contribution in [0.2, 0.25) is 0 Å². The number of aromatic nitrogens is 3. The van der Waals surface area contributed by atoms with Gasteiger partial charge in [0.05, 0.1) is 5.75 Å². The van der Waals surface area contributed by atoms with E-state index in [1.165, 1.54) is 0 Å². The first-order valence-electron chi connectivity index (χ1n) is 6.41. The van der Waals surface area contributed by atoms with Gasteiger partial charge in [0.25, 0.3) is 0 Å². The van der Waals surface area contributed by atoms with Gasteiger partial charge in [-0.3, -0.25) is 14.8 Å². The highest BCUT2D eigenvalue weighted by atomic mass is 32.2. The van der Waals surface area contributed by atoms with Crippen molar-refractivity contribution in [1.82, 2.24) is 15.2 Å². The molecule has 7 heteroatoms. The van der Waals surface area contributed by atoms with E-state index in [2.05, 4.69) is 19.9 Å². The van der Waals surface area contributed by atoms with Crippen molar-refractivity contribution in [2.24, 2.45) is 0 Å². The lowest BCUT2D eigenvalue weighted by molar-refractivity contribution is 0.600. The molecule has 0 radical (unpaired) electrons. The number of rotatable bonds is 6. The van der Waals surface area contributed by atoms with Crippen LogP contribution in [0.4, 0.5) is 5.82 Å². The zero-order chi connectivity index (χ0) is 14.6. The lowest BCUT2D eigenvalue weighted by Crippen LogP contribution is -2.18. The van der Waals surface area contributed by atoms with Crippen LogP contribution in [-0.2, 0) is 16.4 Å². The summed E-state index contributed by atoms with van der Waals surface area (Å²) in [4.78, 5) is 3.90. The van der Waals surface area contributed by atoms with E-state index >= 15 is 0 Å². The molecule has 0 aromatic carbocycles. The summed E-state index contributed by atoms with van der Waals surface area (Å²) in [7, 11) is -3.40. The molecule has 0 fully saturated rings. The molecule has 0 amide bonds. The van der Waals surface area contributed by atoms with Crippen molar-refractivity contribution in [3.05, 3.63) is 41.9 Å². The molecular formula is C13H18N4O2S. The summed E-state index contributed by atoms with van der Waals surface area (Å²) in [5, 5.41) is 6.77. The minimum absolute atomic E-state index is 0.0148. The molecule has 2 rings (SSSR count). The Morgan fingerprint density at radius 1 is 1.30 bits per heavy atom. The van der Waals surface area contributed by atoms with Gasteiger partial charge in [0.15, 0.2) is 5.82 Å². The van der Waals surface area contributed by atoms with Crippen molar-refractivity contribution in [3.8, 4) is 0 Å². The monoisotopic (exact) mass is 294 g/mol. The van der Waals surface area contributed by atoms with Gasteiger partial charge in [0.2, 0.25) is 10.0 Å². The number of pyridine rings is 1. The highest BCUT2D eigenvalue weighted by Crippen LogP contribution is 2.15. The van der Waals surface area contributed by atoms with E-state index in [0.717, 1.165) is 11.3 Å². The molecule has 2 aromatic heterocycles. The van der Waals surface area contributed by atoms with E-state index in [0.29, 0.717) is 12.2 Å². The van der Waals surface area contributed by atoms with Gasteiger partial charge in [-0.05, 0) is 30.0 Å². The lowest BCUT2D eigenvalue weighted by atomic mass is 10.1. The van der Waals surface area contributed by atoms with Crippen molar-refractivity contribution in [2.45, 2.75) is 26.2 Å². The SMILES string of the molecule is CC(C)c1cc(NS(=O)(=O)CCc2ccncc2)n[nH]1. The lowest BCUT2D eigenvalue weighted by Gasteiger charge is -2.05. The molecule has 0 aliphatic heterocycles. The number of hydrogen-bond donors (Lipinski definition) is 2. The molecule has 0 atom stereocenters. The van der Waals surface area contributed by atoms with Crippen LogP contribution in [0.3, 0.4) is 0 Å². The Morgan fingerprint density at radius 3 is 2.60 bits per heavy atom. The Labute approximate surface area is 118 Å². The van der Waals surface area contributed by atoms with E-state index in [9.17, 15) is 8.42 Å². The van der Waals surface area contributed by atoms with E-state index < -0.39 is 10.0 Å². The topological polar surface area (TPSA) is 87.7 Å².